The zero-order chi connectivity index (χ0) is 23.4. The van der Waals surface area contributed by atoms with Crippen LogP contribution >= 0.6 is 11.3 Å². The number of rotatable bonds is 10. The lowest BCUT2D eigenvalue weighted by atomic mass is 9.99. The summed E-state index contributed by atoms with van der Waals surface area (Å²) in [7, 11) is 3.18. The van der Waals surface area contributed by atoms with Crippen LogP contribution in [0.5, 0.6) is 11.5 Å². The van der Waals surface area contributed by atoms with Crippen molar-refractivity contribution in [2.24, 2.45) is 0 Å². The molecule has 0 saturated heterocycles. The van der Waals surface area contributed by atoms with Crippen LogP contribution < -0.4 is 9.47 Å². The zero-order valence-corrected chi connectivity index (χ0v) is 20.2. The average molecular weight is 464 g/mol. The van der Waals surface area contributed by atoms with E-state index in [1.54, 1.807) is 21.1 Å². The predicted octanol–water partition coefficient (Wildman–Crippen LogP) is 4.57. The fourth-order valence-corrected chi connectivity index (χ4v) is 5.31. The Kier molecular flexibility index (Phi) is 8.14. The maximum atomic E-state index is 11.4. The first kappa shape index (κ1) is 24.5. The maximum absolute atomic E-state index is 11.4. The summed E-state index contributed by atoms with van der Waals surface area (Å²) in [5.74, 6) is -0.298. The Labute approximate surface area is 193 Å². The number of aliphatic hydroxyl groups is 1. The molecule has 7 nitrogen and oxygen atoms in total. The van der Waals surface area contributed by atoms with Crippen LogP contribution in [0.4, 0.5) is 0 Å². The summed E-state index contributed by atoms with van der Waals surface area (Å²) in [5.41, 5.74) is 2.09. The van der Waals surface area contributed by atoms with Crippen molar-refractivity contribution in [3.63, 3.8) is 0 Å². The number of nitrogens with zero attached hydrogens (tertiary/aromatic N) is 1. The number of thiazole rings is 1. The molecule has 1 saturated carbocycles. The van der Waals surface area contributed by atoms with Gasteiger partial charge in [-0.05, 0) is 51.3 Å². The van der Waals surface area contributed by atoms with E-state index in [2.05, 4.69) is 4.98 Å². The summed E-state index contributed by atoms with van der Waals surface area (Å²) >= 11 is 1.46. The molecule has 0 amide bonds. The van der Waals surface area contributed by atoms with Crippen LogP contribution in [0.15, 0.2) is 12.1 Å². The van der Waals surface area contributed by atoms with Gasteiger partial charge in [0, 0.05) is 16.9 Å². The van der Waals surface area contributed by atoms with Crippen LogP contribution in [-0.4, -0.2) is 47.6 Å². The van der Waals surface area contributed by atoms with Crippen molar-refractivity contribution in [1.29, 1.82) is 0 Å². The molecule has 0 aliphatic heterocycles. The predicted molar refractivity (Wildman–Crippen MR) is 123 cm³/mol. The molecule has 1 heterocycles. The molecule has 1 aromatic carbocycles. The summed E-state index contributed by atoms with van der Waals surface area (Å²) in [6, 6.07) is 3.64. The quantitative estimate of drug-likeness (QED) is 0.533. The fourth-order valence-electron chi connectivity index (χ4n) is 4.24. The number of carboxylic acids is 1. The van der Waals surface area contributed by atoms with E-state index in [1.807, 2.05) is 26.0 Å². The van der Waals surface area contributed by atoms with E-state index in [0.717, 1.165) is 41.1 Å². The number of benzene rings is 1. The highest BCUT2D eigenvalue weighted by Gasteiger charge is 2.30. The molecule has 0 spiro atoms. The molecule has 176 valence electrons. The largest absolute Gasteiger partial charge is 0.496 e. The first-order chi connectivity index (χ1) is 15.2. The van der Waals surface area contributed by atoms with Gasteiger partial charge in [-0.15, -0.1) is 11.3 Å². The van der Waals surface area contributed by atoms with Crippen LogP contribution in [0.1, 0.15) is 71.3 Å². The van der Waals surface area contributed by atoms with Crippen LogP contribution in [0.3, 0.4) is 0 Å². The Morgan fingerprint density at radius 2 is 1.78 bits per heavy atom. The highest BCUT2D eigenvalue weighted by molar-refractivity contribution is 7.11. The van der Waals surface area contributed by atoms with Gasteiger partial charge in [0.1, 0.15) is 17.6 Å². The van der Waals surface area contributed by atoms with Crippen molar-refractivity contribution in [2.75, 3.05) is 14.2 Å². The van der Waals surface area contributed by atoms with Crippen molar-refractivity contribution >= 4 is 17.3 Å². The summed E-state index contributed by atoms with van der Waals surface area (Å²) in [6.45, 7) is 5.43. The number of aromatic nitrogens is 1. The number of hydrogen-bond donors (Lipinski definition) is 2. The van der Waals surface area contributed by atoms with Gasteiger partial charge >= 0.3 is 5.97 Å². The molecule has 1 aliphatic rings. The monoisotopic (exact) mass is 463 g/mol. The summed E-state index contributed by atoms with van der Waals surface area (Å²) in [6.07, 6.45) is 3.25. The van der Waals surface area contributed by atoms with Gasteiger partial charge in [0.25, 0.3) is 0 Å². The molecule has 1 aromatic heterocycles. The van der Waals surface area contributed by atoms with Crippen molar-refractivity contribution in [3.05, 3.63) is 38.8 Å². The van der Waals surface area contributed by atoms with Gasteiger partial charge in [-0.3, -0.25) is 4.79 Å². The average Bonchev–Trinajstić information content (AvgIpc) is 3.41. The minimum absolute atomic E-state index is 0.0994. The van der Waals surface area contributed by atoms with Gasteiger partial charge in [-0.2, -0.15) is 0 Å². The van der Waals surface area contributed by atoms with Gasteiger partial charge in [-0.25, -0.2) is 4.98 Å². The van der Waals surface area contributed by atoms with Crippen molar-refractivity contribution in [3.8, 4) is 11.5 Å². The third-order valence-electron chi connectivity index (χ3n) is 6.17. The molecule has 2 aromatic rings. The Morgan fingerprint density at radius 1 is 1.19 bits per heavy atom. The van der Waals surface area contributed by atoms with Crippen molar-refractivity contribution in [1.82, 2.24) is 4.98 Å². The Morgan fingerprint density at radius 3 is 2.31 bits per heavy atom. The molecule has 3 atom stereocenters. The molecule has 32 heavy (non-hydrogen) atoms. The van der Waals surface area contributed by atoms with E-state index in [0.29, 0.717) is 29.2 Å². The third kappa shape index (κ3) is 5.42. The second-order valence-electron chi connectivity index (χ2n) is 8.39. The van der Waals surface area contributed by atoms with Crippen LogP contribution in [-0.2, 0) is 16.0 Å². The summed E-state index contributed by atoms with van der Waals surface area (Å²) in [4.78, 5) is 16.9. The van der Waals surface area contributed by atoms with Gasteiger partial charge < -0.3 is 24.4 Å². The standard InChI is InChI=1S/C24H33NO6S/c1-13-18(29-4)10-16(11-19(13)30-5)23(26)20(31-17-8-6-7-9-17)12-21-25-22(15(3)32-21)14(2)24(27)28/h10-11,14,17,20,23,26H,6-9,12H2,1-5H3,(H,27,28)/t14-,20-,23+/m0/s1. The first-order valence-electron chi connectivity index (χ1n) is 11.0. The van der Waals surface area contributed by atoms with E-state index in [-0.39, 0.29) is 6.10 Å². The number of carboxylic acid groups (broad SMARTS) is 1. The lowest BCUT2D eigenvalue weighted by Gasteiger charge is -2.27. The van der Waals surface area contributed by atoms with Gasteiger partial charge in [0.2, 0.25) is 0 Å². The molecule has 3 rings (SSSR count). The van der Waals surface area contributed by atoms with E-state index >= 15 is 0 Å². The number of carbonyl (C=O) groups is 1. The van der Waals surface area contributed by atoms with E-state index < -0.39 is 24.1 Å². The second-order valence-corrected chi connectivity index (χ2v) is 9.68. The second kappa shape index (κ2) is 10.6. The number of aliphatic hydroxyl groups excluding tert-OH is 1. The summed E-state index contributed by atoms with van der Waals surface area (Å²) in [5, 5.41) is 21.5. The molecule has 2 N–H and O–H groups in total. The van der Waals surface area contributed by atoms with Crippen molar-refractivity contribution in [2.45, 2.75) is 77.1 Å². The Bertz CT molecular complexity index is 912. The number of aliphatic carboxylic acids is 1. The Hall–Kier alpha value is -2.16. The molecule has 0 bridgehead atoms. The fraction of sp³-hybridized carbons (Fsp3) is 0.583. The molecule has 0 radical (unpaired) electrons. The molecule has 8 heteroatoms. The Balaban J connectivity index is 1.91. The minimum Gasteiger partial charge on any atom is -0.496 e. The first-order valence-corrected chi connectivity index (χ1v) is 11.8. The molecular weight excluding hydrogens is 430 g/mol. The number of aryl methyl sites for hydroxylation is 1. The molecule has 1 aliphatic carbocycles. The molecule has 1 fully saturated rings. The minimum atomic E-state index is -0.913. The normalized spacial score (nSPS) is 17.2. The third-order valence-corrected chi connectivity index (χ3v) is 7.18. The molecular formula is C24H33NO6S. The summed E-state index contributed by atoms with van der Waals surface area (Å²) < 4.78 is 17.3. The van der Waals surface area contributed by atoms with Crippen molar-refractivity contribution < 1.29 is 29.2 Å². The highest BCUT2D eigenvalue weighted by Crippen LogP contribution is 2.36. The van der Waals surface area contributed by atoms with Gasteiger partial charge in [0.15, 0.2) is 0 Å². The number of ether oxygens (including phenoxy) is 3. The maximum Gasteiger partial charge on any atom is 0.312 e. The van der Waals surface area contributed by atoms with Crippen LogP contribution in [0, 0.1) is 13.8 Å². The SMILES string of the molecule is COc1cc([C@@H](O)[C@H](Cc2nc([C@H](C)C(=O)O)c(C)s2)OC2CCCC2)cc(OC)c1C. The smallest absolute Gasteiger partial charge is 0.312 e. The van der Waals surface area contributed by atoms with Crippen LogP contribution in [0.2, 0.25) is 0 Å². The van der Waals surface area contributed by atoms with E-state index in [9.17, 15) is 15.0 Å². The van der Waals surface area contributed by atoms with Gasteiger partial charge in [-0.1, -0.05) is 12.8 Å². The lowest BCUT2D eigenvalue weighted by molar-refractivity contribution is -0.138. The lowest BCUT2D eigenvalue weighted by Crippen LogP contribution is -2.29. The van der Waals surface area contributed by atoms with E-state index in [1.165, 1.54) is 11.3 Å². The zero-order valence-electron chi connectivity index (χ0n) is 19.4. The number of hydrogen-bond acceptors (Lipinski definition) is 7. The topological polar surface area (TPSA) is 98.1 Å². The number of methoxy groups -OCH3 is 2. The molecule has 0 unspecified atom stereocenters. The van der Waals surface area contributed by atoms with Crippen LogP contribution in [0.25, 0.3) is 0 Å². The highest BCUT2D eigenvalue weighted by atomic mass is 32.1. The van der Waals surface area contributed by atoms with E-state index in [4.69, 9.17) is 14.2 Å². The van der Waals surface area contributed by atoms with Gasteiger partial charge in [0.05, 0.1) is 43.0 Å².